The van der Waals surface area contributed by atoms with E-state index in [1.54, 1.807) is 7.11 Å². The number of rotatable bonds is 5. The number of carbonyl (C=O) groups is 1. The lowest BCUT2D eigenvalue weighted by atomic mass is 9.84. The number of nitrogens with one attached hydrogen (secondary N) is 1. The Bertz CT molecular complexity index is 576. The zero-order valence-corrected chi connectivity index (χ0v) is 15.2. The third kappa shape index (κ3) is 4.53. The Morgan fingerprint density at radius 2 is 1.92 bits per heavy atom. The van der Waals surface area contributed by atoms with Crippen LogP contribution in [-0.2, 0) is 11.3 Å². The zero-order valence-electron chi connectivity index (χ0n) is 15.2. The maximum Gasteiger partial charge on any atom is 0.252 e. The number of carbonyl (C=O) groups excluding carboxylic acids is 1. The third-order valence-electron chi connectivity index (χ3n) is 5.61. The zero-order chi connectivity index (χ0) is 17.7. The van der Waals surface area contributed by atoms with Gasteiger partial charge in [-0.1, -0.05) is 37.5 Å². The van der Waals surface area contributed by atoms with E-state index in [1.165, 1.54) is 5.56 Å². The van der Waals surface area contributed by atoms with Gasteiger partial charge in [0.05, 0.1) is 7.11 Å². The summed E-state index contributed by atoms with van der Waals surface area (Å²) in [6.45, 7) is 2.76. The molecule has 1 aliphatic carbocycles. The van der Waals surface area contributed by atoms with Crippen molar-refractivity contribution in [1.82, 2.24) is 10.2 Å². The molecule has 0 aromatic heterocycles. The monoisotopic (exact) mass is 346 g/mol. The summed E-state index contributed by atoms with van der Waals surface area (Å²) < 4.78 is 5.43. The Kier molecular flexibility index (Phi) is 5.97. The molecule has 2 aliphatic rings. The van der Waals surface area contributed by atoms with E-state index in [0.29, 0.717) is 12.8 Å². The lowest BCUT2D eigenvalue weighted by Gasteiger charge is -2.36. The second kappa shape index (κ2) is 8.19. The Morgan fingerprint density at radius 1 is 1.24 bits per heavy atom. The second-order valence-corrected chi connectivity index (χ2v) is 7.43. The van der Waals surface area contributed by atoms with Crippen molar-refractivity contribution in [2.45, 2.75) is 63.1 Å². The molecule has 138 valence electrons. The maximum atomic E-state index is 12.5. The summed E-state index contributed by atoms with van der Waals surface area (Å²) in [6.07, 6.45) is 6.07. The van der Waals surface area contributed by atoms with Crippen LogP contribution in [-0.4, -0.2) is 47.8 Å². The summed E-state index contributed by atoms with van der Waals surface area (Å²) in [5.41, 5.74) is 0.0660. The van der Waals surface area contributed by atoms with Crippen LogP contribution in [0.15, 0.2) is 24.3 Å². The number of amides is 1. The summed E-state index contributed by atoms with van der Waals surface area (Å²) in [5, 5.41) is 13.6. The molecule has 1 aliphatic heterocycles. The predicted octanol–water partition coefficient (Wildman–Crippen LogP) is 2.47. The number of aliphatic hydroxyl groups is 1. The van der Waals surface area contributed by atoms with Gasteiger partial charge in [0.25, 0.3) is 5.91 Å². The minimum absolute atomic E-state index is 0.157. The number of benzene rings is 1. The molecule has 0 unspecified atom stereocenters. The van der Waals surface area contributed by atoms with Crippen molar-refractivity contribution in [1.29, 1.82) is 0 Å². The van der Waals surface area contributed by atoms with Crippen LogP contribution in [0.4, 0.5) is 0 Å². The topological polar surface area (TPSA) is 61.8 Å². The molecule has 1 aromatic rings. The fraction of sp³-hybridized carbons (Fsp3) is 0.650. The highest BCUT2D eigenvalue weighted by Gasteiger charge is 2.38. The number of para-hydroxylation sites is 1. The van der Waals surface area contributed by atoms with Crippen LogP contribution in [0, 0.1) is 0 Å². The van der Waals surface area contributed by atoms with Gasteiger partial charge in [0.1, 0.15) is 11.4 Å². The van der Waals surface area contributed by atoms with Crippen molar-refractivity contribution in [2.75, 3.05) is 20.2 Å². The summed E-state index contributed by atoms with van der Waals surface area (Å²) >= 11 is 0. The van der Waals surface area contributed by atoms with Crippen molar-refractivity contribution >= 4 is 5.91 Å². The first-order chi connectivity index (χ1) is 12.1. The van der Waals surface area contributed by atoms with E-state index in [0.717, 1.165) is 57.5 Å². The Hall–Kier alpha value is -1.59. The van der Waals surface area contributed by atoms with Crippen molar-refractivity contribution in [3.05, 3.63) is 29.8 Å². The van der Waals surface area contributed by atoms with E-state index in [4.69, 9.17) is 4.74 Å². The Labute approximate surface area is 150 Å². The Balaban J connectivity index is 1.48. The number of piperidine rings is 1. The van der Waals surface area contributed by atoms with Gasteiger partial charge >= 0.3 is 0 Å². The molecule has 2 fully saturated rings. The van der Waals surface area contributed by atoms with Gasteiger partial charge in [0.15, 0.2) is 0 Å². The molecule has 5 nitrogen and oxygen atoms in total. The average molecular weight is 346 g/mol. The first-order valence-corrected chi connectivity index (χ1v) is 9.48. The molecule has 25 heavy (non-hydrogen) atoms. The quantitative estimate of drug-likeness (QED) is 0.860. The lowest BCUT2D eigenvalue weighted by molar-refractivity contribution is -0.144. The fourth-order valence-corrected chi connectivity index (χ4v) is 3.99. The summed E-state index contributed by atoms with van der Waals surface area (Å²) in [4.78, 5) is 14.9. The average Bonchev–Trinajstić information content (AvgIpc) is 2.64. The highest BCUT2D eigenvalue weighted by atomic mass is 16.5. The van der Waals surface area contributed by atoms with Crippen molar-refractivity contribution in [3.8, 4) is 5.75 Å². The standard InChI is InChI=1S/C20H30N2O3/c1-25-18-8-4-3-7-16(18)15-22-13-9-17(10-14-22)21-19(23)20(24)11-5-2-6-12-20/h3-4,7-8,17,24H,2,5-6,9-15H2,1H3,(H,21,23). The van der Waals surface area contributed by atoms with Crippen LogP contribution in [0.25, 0.3) is 0 Å². The van der Waals surface area contributed by atoms with Crippen LogP contribution in [0.2, 0.25) is 0 Å². The van der Waals surface area contributed by atoms with E-state index in [9.17, 15) is 9.90 Å². The first kappa shape index (κ1) is 18.2. The summed E-state index contributed by atoms with van der Waals surface area (Å²) in [6, 6.07) is 8.29. The van der Waals surface area contributed by atoms with E-state index < -0.39 is 5.60 Å². The smallest absolute Gasteiger partial charge is 0.252 e. The van der Waals surface area contributed by atoms with Gasteiger partial charge in [0.2, 0.25) is 0 Å². The van der Waals surface area contributed by atoms with Crippen molar-refractivity contribution < 1.29 is 14.6 Å². The van der Waals surface area contributed by atoms with Crippen molar-refractivity contribution in [3.63, 3.8) is 0 Å². The molecule has 1 saturated heterocycles. The normalized spacial score (nSPS) is 21.7. The van der Waals surface area contributed by atoms with Crippen molar-refractivity contribution in [2.24, 2.45) is 0 Å². The number of hydrogen-bond donors (Lipinski definition) is 2. The molecule has 1 saturated carbocycles. The fourth-order valence-electron chi connectivity index (χ4n) is 3.99. The van der Waals surface area contributed by atoms with E-state index in [-0.39, 0.29) is 11.9 Å². The molecule has 0 atom stereocenters. The molecule has 1 aromatic carbocycles. The first-order valence-electron chi connectivity index (χ1n) is 9.48. The second-order valence-electron chi connectivity index (χ2n) is 7.43. The largest absolute Gasteiger partial charge is 0.496 e. The number of methoxy groups -OCH3 is 1. The summed E-state index contributed by atoms with van der Waals surface area (Å²) in [5.74, 6) is 0.771. The Morgan fingerprint density at radius 3 is 2.60 bits per heavy atom. The van der Waals surface area contributed by atoms with E-state index in [2.05, 4.69) is 16.3 Å². The number of hydrogen-bond acceptors (Lipinski definition) is 4. The molecule has 0 bridgehead atoms. The lowest BCUT2D eigenvalue weighted by Crippen LogP contribution is -2.53. The molecule has 1 amide bonds. The number of nitrogens with zero attached hydrogens (tertiary/aromatic N) is 1. The van der Waals surface area contributed by atoms with Gasteiger partial charge in [0, 0.05) is 31.2 Å². The minimum atomic E-state index is -1.13. The van der Waals surface area contributed by atoms with E-state index in [1.807, 2.05) is 18.2 Å². The highest BCUT2D eigenvalue weighted by molar-refractivity contribution is 5.85. The van der Waals surface area contributed by atoms with Gasteiger partial charge in [-0.25, -0.2) is 0 Å². The summed E-state index contributed by atoms with van der Waals surface area (Å²) in [7, 11) is 1.70. The van der Waals surface area contributed by atoms with Gasteiger partial charge in [-0.05, 0) is 31.7 Å². The number of likely N-dealkylation sites (tertiary alicyclic amines) is 1. The van der Waals surface area contributed by atoms with Crippen LogP contribution < -0.4 is 10.1 Å². The molecule has 2 N–H and O–H groups in total. The van der Waals surface area contributed by atoms with Crippen LogP contribution >= 0.6 is 0 Å². The molecule has 3 rings (SSSR count). The molecule has 0 spiro atoms. The van der Waals surface area contributed by atoms with Crippen LogP contribution in [0.3, 0.4) is 0 Å². The minimum Gasteiger partial charge on any atom is -0.496 e. The van der Waals surface area contributed by atoms with Gasteiger partial charge in [-0.2, -0.15) is 0 Å². The van der Waals surface area contributed by atoms with Gasteiger partial charge < -0.3 is 15.2 Å². The molecular formula is C20H30N2O3. The predicted molar refractivity (Wildman–Crippen MR) is 97.5 cm³/mol. The molecule has 0 radical (unpaired) electrons. The van der Waals surface area contributed by atoms with Gasteiger partial charge in [-0.3, -0.25) is 9.69 Å². The molecule has 1 heterocycles. The van der Waals surface area contributed by atoms with Crippen LogP contribution in [0.5, 0.6) is 5.75 Å². The maximum absolute atomic E-state index is 12.5. The van der Waals surface area contributed by atoms with E-state index >= 15 is 0 Å². The van der Waals surface area contributed by atoms with Crippen LogP contribution in [0.1, 0.15) is 50.5 Å². The number of ether oxygens (including phenoxy) is 1. The highest BCUT2D eigenvalue weighted by Crippen LogP contribution is 2.29. The van der Waals surface area contributed by atoms with Gasteiger partial charge in [-0.15, -0.1) is 0 Å². The molecule has 5 heteroatoms. The SMILES string of the molecule is COc1ccccc1CN1CCC(NC(=O)C2(O)CCCCC2)CC1. The molecular weight excluding hydrogens is 316 g/mol. The third-order valence-corrected chi connectivity index (χ3v) is 5.61.